The highest BCUT2D eigenvalue weighted by atomic mass is 19.1. The molecule has 144 valence electrons. The molecule has 2 heterocycles. The molecule has 0 fully saturated rings. The van der Waals surface area contributed by atoms with Crippen molar-refractivity contribution in [2.75, 3.05) is 16.8 Å². The van der Waals surface area contributed by atoms with Crippen LogP contribution in [-0.4, -0.2) is 29.1 Å². The summed E-state index contributed by atoms with van der Waals surface area (Å²) in [5.74, 6) is -0.754. The molecule has 0 spiro atoms. The highest BCUT2D eigenvalue weighted by molar-refractivity contribution is 6.18. The van der Waals surface area contributed by atoms with E-state index < -0.39 is 11.7 Å². The average molecular weight is 388 g/mol. The molecule has 3 aromatic rings. The summed E-state index contributed by atoms with van der Waals surface area (Å²) < 4.78 is 13.0. The molecular weight excluding hydrogens is 371 g/mol. The van der Waals surface area contributed by atoms with Crippen molar-refractivity contribution in [3.63, 3.8) is 0 Å². The van der Waals surface area contributed by atoms with Gasteiger partial charge in [-0.05, 0) is 42.0 Å². The van der Waals surface area contributed by atoms with Gasteiger partial charge in [-0.15, -0.1) is 0 Å². The molecule has 0 bridgehead atoms. The second-order valence-electron chi connectivity index (χ2n) is 6.48. The lowest BCUT2D eigenvalue weighted by atomic mass is 10.1. The summed E-state index contributed by atoms with van der Waals surface area (Å²) in [4.78, 5) is 35.7. The topological polar surface area (TPSA) is 74.7 Å². The minimum absolute atomic E-state index is 0.0458. The van der Waals surface area contributed by atoms with E-state index in [0.717, 1.165) is 5.56 Å². The van der Waals surface area contributed by atoms with Gasteiger partial charge < -0.3 is 5.32 Å². The Kier molecular flexibility index (Phi) is 5.11. The zero-order valence-corrected chi connectivity index (χ0v) is 15.4. The molecule has 0 radical (unpaired) electrons. The SMILES string of the molecule is O=C(CN1C(=O)CC(c2ccccc2)=Nc2cccnc21)Nc1ccc(F)cc1. The molecule has 0 saturated heterocycles. The zero-order valence-electron chi connectivity index (χ0n) is 15.4. The standard InChI is InChI=1S/C22H17FN4O2/c23-16-8-10-17(11-9-16)25-20(28)14-27-21(29)13-19(15-5-2-1-3-6-15)26-18-7-4-12-24-22(18)27/h1-12H,13-14H2,(H,25,28). The second kappa shape index (κ2) is 8.02. The summed E-state index contributed by atoms with van der Waals surface area (Å²) in [5, 5.41) is 2.67. The van der Waals surface area contributed by atoms with Crippen molar-refractivity contribution in [1.82, 2.24) is 4.98 Å². The van der Waals surface area contributed by atoms with Gasteiger partial charge in [0.05, 0.1) is 12.1 Å². The van der Waals surface area contributed by atoms with Crippen LogP contribution in [0.4, 0.5) is 21.6 Å². The van der Waals surface area contributed by atoms with Crippen molar-refractivity contribution in [2.45, 2.75) is 6.42 Å². The minimum atomic E-state index is -0.412. The molecule has 0 saturated carbocycles. The Hall–Kier alpha value is -3.87. The number of aromatic nitrogens is 1. The van der Waals surface area contributed by atoms with Crippen LogP contribution >= 0.6 is 0 Å². The van der Waals surface area contributed by atoms with Crippen LogP contribution in [-0.2, 0) is 9.59 Å². The van der Waals surface area contributed by atoms with Crippen molar-refractivity contribution < 1.29 is 14.0 Å². The number of carbonyl (C=O) groups is 2. The number of nitrogens with zero attached hydrogens (tertiary/aromatic N) is 3. The quantitative estimate of drug-likeness (QED) is 0.740. The maximum absolute atomic E-state index is 13.0. The first-order valence-electron chi connectivity index (χ1n) is 9.04. The van der Waals surface area contributed by atoms with Crippen LogP contribution in [0.1, 0.15) is 12.0 Å². The lowest BCUT2D eigenvalue weighted by Gasteiger charge is -2.20. The molecule has 6 nitrogen and oxygen atoms in total. The van der Waals surface area contributed by atoms with Crippen molar-refractivity contribution in [2.24, 2.45) is 4.99 Å². The monoisotopic (exact) mass is 388 g/mol. The van der Waals surface area contributed by atoms with Gasteiger partial charge in [0.2, 0.25) is 11.8 Å². The third-order valence-corrected chi connectivity index (χ3v) is 4.43. The summed E-state index contributed by atoms with van der Waals surface area (Å²) in [6.07, 6.45) is 1.60. The second-order valence-corrected chi connectivity index (χ2v) is 6.48. The predicted molar refractivity (Wildman–Crippen MR) is 109 cm³/mol. The fraction of sp³-hybridized carbons (Fsp3) is 0.0909. The number of amides is 2. The van der Waals surface area contributed by atoms with Crippen molar-refractivity contribution >= 4 is 34.7 Å². The number of aliphatic imine (C=N–C) groups is 1. The van der Waals surface area contributed by atoms with Gasteiger partial charge in [-0.3, -0.25) is 14.5 Å². The Morgan fingerprint density at radius 2 is 1.79 bits per heavy atom. The molecule has 0 aliphatic carbocycles. The number of fused-ring (bicyclic) bond motifs is 1. The summed E-state index contributed by atoms with van der Waals surface area (Å²) in [6.45, 7) is -0.224. The highest BCUT2D eigenvalue weighted by Gasteiger charge is 2.27. The molecule has 1 aliphatic rings. The molecule has 7 heteroatoms. The number of pyridine rings is 1. The number of hydrogen-bond donors (Lipinski definition) is 1. The van der Waals surface area contributed by atoms with E-state index in [4.69, 9.17) is 0 Å². The Balaban J connectivity index is 1.60. The maximum atomic E-state index is 13.0. The molecule has 1 N–H and O–H groups in total. The van der Waals surface area contributed by atoms with Crippen LogP contribution in [0.3, 0.4) is 0 Å². The first-order chi connectivity index (χ1) is 14.1. The molecule has 4 rings (SSSR count). The lowest BCUT2D eigenvalue weighted by molar-refractivity contribution is -0.120. The molecule has 0 unspecified atom stereocenters. The maximum Gasteiger partial charge on any atom is 0.244 e. The predicted octanol–water partition coefficient (Wildman–Crippen LogP) is 3.72. The van der Waals surface area contributed by atoms with Gasteiger partial charge in [-0.1, -0.05) is 30.3 Å². The van der Waals surface area contributed by atoms with E-state index in [1.807, 2.05) is 30.3 Å². The van der Waals surface area contributed by atoms with Crippen LogP contribution in [0.5, 0.6) is 0 Å². The van der Waals surface area contributed by atoms with E-state index in [0.29, 0.717) is 22.9 Å². The van der Waals surface area contributed by atoms with Gasteiger partial charge in [0.25, 0.3) is 0 Å². The molecule has 2 amide bonds. The first-order valence-corrected chi connectivity index (χ1v) is 9.04. The number of carbonyl (C=O) groups excluding carboxylic acids is 2. The van der Waals surface area contributed by atoms with Crippen LogP contribution in [0.2, 0.25) is 0 Å². The average Bonchev–Trinajstić information content (AvgIpc) is 2.87. The number of benzene rings is 2. The Bertz CT molecular complexity index is 1080. The van der Waals surface area contributed by atoms with Crippen LogP contribution in [0.25, 0.3) is 0 Å². The summed E-state index contributed by atoms with van der Waals surface area (Å²) in [7, 11) is 0. The van der Waals surface area contributed by atoms with Gasteiger partial charge in [-0.2, -0.15) is 0 Å². The number of anilines is 2. The minimum Gasteiger partial charge on any atom is -0.325 e. The zero-order chi connectivity index (χ0) is 20.2. The smallest absolute Gasteiger partial charge is 0.244 e. The van der Waals surface area contributed by atoms with Crippen molar-refractivity contribution in [3.8, 4) is 0 Å². The third kappa shape index (κ3) is 4.19. The Morgan fingerprint density at radius 3 is 2.55 bits per heavy atom. The van der Waals surface area contributed by atoms with Crippen LogP contribution < -0.4 is 10.2 Å². The van der Waals surface area contributed by atoms with Gasteiger partial charge >= 0.3 is 0 Å². The third-order valence-electron chi connectivity index (χ3n) is 4.43. The van der Waals surface area contributed by atoms with Gasteiger partial charge in [0.1, 0.15) is 18.0 Å². The molecule has 29 heavy (non-hydrogen) atoms. The van der Waals surface area contributed by atoms with E-state index in [1.165, 1.54) is 29.2 Å². The molecule has 2 aromatic carbocycles. The number of hydrogen-bond acceptors (Lipinski definition) is 4. The van der Waals surface area contributed by atoms with E-state index >= 15 is 0 Å². The number of rotatable bonds is 4. The largest absolute Gasteiger partial charge is 0.325 e. The summed E-state index contributed by atoms with van der Waals surface area (Å²) in [5.41, 5.74) is 2.42. The van der Waals surface area contributed by atoms with Gasteiger partial charge in [0, 0.05) is 11.9 Å². The van der Waals surface area contributed by atoms with Crippen molar-refractivity contribution in [3.05, 3.63) is 84.3 Å². The van der Waals surface area contributed by atoms with Crippen LogP contribution in [0.15, 0.2) is 77.9 Å². The van der Waals surface area contributed by atoms with Crippen molar-refractivity contribution in [1.29, 1.82) is 0 Å². The van der Waals surface area contributed by atoms with Gasteiger partial charge in [-0.25, -0.2) is 14.4 Å². The van der Waals surface area contributed by atoms with E-state index in [-0.39, 0.29) is 18.9 Å². The molecular formula is C22H17FN4O2. The highest BCUT2D eigenvalue weighted by Crippen LogP contribution is 2.30. The van der Waals surface area contributed by atoms with E-state index in [2.05, 4.69) is 15.3 Å². The van der Waals surface area contributed by atoms with Crippen LogP contribution in [0, 0.1) is 5.82 Å². The molecule has 1 aromatic heterocycles. The normalized spacial score (nSPS) is 13.3. The Morgan fingerprint density at radius 1 is 1.03 bits per heavy atom. The molecule has 1 aliphatic heterocycles. The Labute approximate surface area is 166 Å². The molecule has 0 atom stereocenters. The number of halogens is 1. The lowest BCUT2D eigenvalue weighted by Crippen LogP contribution is -2.38. The fourth-order valence-corrected chi connectivity index (χ4v) is 3.06. The first kappa shape index (κ1) is 18.5. The number of nitrogens with one attached hydrogen (secondary N) is 1. The summed E-state index contributed by atoms with van der Waals surface area (Å²) >= 11 is 0. The van der Waals surface area contributed by atoms with E-state index in [9.17, 15) is 14.0 Å². The fourth-order valence-electron chi connectivity index (χ4n) is 3.06. The van der Waals surface area contributed by atoms with E-state index in [1.54, 1.807) is 18.3 Å². The van der Waals surface area contributed by atoms with Gasteiger partial charge in [0.15, 0.2) is 5.82 Å². The summed E-state index contributed by atoms with van der Waals surface area (Å²) in [6, 6.07) is 18.3.